The van der Waals surface area contributed by atoms with Gasteiger partial charge in [-0.25, -0.2) is 0 Å². The maximum Gasteiger partial charge on any atom is 0.150 e. The van der Waals surface area contributed by atoms with Gasteiger partial charge in [0, 0.05) is 17.1 Å². The SMILES string of the molecule is O=Cc1cccc(-c2cccc3ncccc23)c1. The highest BCUT2D eigenvalue weighted by Gasteiger charge is 2.04. The molecule has 2 nitrogen and oxygen atoms in total. The molecular formula is C16H11NO. The average Bonchev–Trinajstić information content (AvgIpc) is 2.47. The molecule has 18 heavy (non-hydrogen) atoms. The zero-order chi connectivity index (χ0) is 12.4. The maximum absolute atomic E-state index is 10.8. The minimum absolute atomic E-state index is 0.688. The molecule has 86 valence electrons. The molecule has 2 aromatic carbocycles. The van der Waals surface area contributed by atoms with Gasteiger partial charge in [0.25, 0.3) is 0 Å². The molecule has 1 heterocycles. The number of benzene rings is 2. The third-order valence-electron chi connectivity index (χ3n) is 2.98. The summed E-state index contributed by atoms with van der Waals surface area (Å²) in [6.45, 7) is 0. The van der Waals surface area contributed by atoms with Crippen LogP contribution in [-0.2, 0) is 0 Å². The lowest BCUT2D eigenvalue weighted by Gasteiger charge is -2.06. The summed E-state index contributed by atoms with van der Waals surface area (Å²) in [4.78, 5) is 15.2. The first kappa shape index (κ1) is 10.7. The van der Waals surface area contributed by atoms with Crippen molar-refractivity contribution in [3.63, 3.8) is 0 Å². The standard InChI is InChI=1S/C16H11NO/c18-11-12-4-1-5-13(10-12)14-6-2-8-16-15(14)7-3-9-17-16/h1-11H. The van der Waals surface area contributed by atoms with Gasteiger partial charge in [-0.05, 0) is 29.3 Å². The number of pyridine rings is 1. The van der Waals surface area contributed by atoms with Crippen LogP contribution in [-0.4, -0.2) is 11.3 Å². The summed E-state index contributed by atoms with van der Waals surface area (Å²) in [5, 5.41) is 1.10. The summed E-state index contributed by atoms with van der Waals surface area (Å²) in [5.74, 6) is 0. The van der Waals surface area contributed by atoms with E-state index in [0.717, 1.165) is 28.3 Å². The predicted octanol–water partition coefficient (Wildman–Crippen LogP) is 3.71. The van der Waals surface area contributed by atoms with Crippen LogP contribution in [0.4, 0.5) is 0 Å². The highest BCUT2D eigenvalue weighted by Crippen LogP contribution is 2.27. The van der Waals surface area contributed by atoms with Gasteiger partial charge in [0.2, 0.25) is 0 Å². The molecule has 0 spiro atoms. The maximum atomic E-state index is 10.8. The molecule has 0 aliphatic heterocycles. The quantitative estimate of drug-likeness (QED) is 0.631. The molecule has 2 heteroatoms. The second-order valence-electron chi connectivity index (χ2n) is 4.12. The van der Waals surface area contributed by atoms with Crippen LogP contribution in [0, 0.1) is 0 Å². The molecule has 0 saturated heterocycles. The van der Waals surface area contributed by atoms with Gasteiger partial charge in [-0.15, -0.1) is 0 Å². The van der Waals surface area contributed by atoms with Crippen LogP contribution in [0.15, 0.2) is 60.8 Å². The Morgan fingerprint density at radius 3 is 2.72 bits per heavy atom. The Bertz CT molecular complexity index is 714. The summed E-state index contributed by atoms with van der Waals surface area (Å²) < 4.78 is 0. The second-order valence-corrected chi connectivity index (χ2v) is 4.12. The van der Waals surface area contributed by atoms with Crippen LogP contribution >= 0.6 is 0 Å². The van der Waals surface area contributed by atoms with Crippen LogP contribution in [0.25, 0.3) is 22.0 Å². The lowest BCUT2D eigenvalue weighted by atomic mass is 9.99. The Morgan fingerprint density at radius 2 is 1.83 bits per heavy atom. The van der Waals surface area contributed by atoms with Crippen molar-refractivity contribution in [3.05, 3.63) is 66.4 Å². The second kappa shape index (κ2) is 4.41. The highest BCUT2D eigenvalue weighted by atomic mass is 16.1. The van der Waals surface area contributed by atoms with Crippen molar-refractivity contribution in [2.24, 2.45) is 0 Å². The topological polar surface area (TPSA) is 30.0 Å². The molecule has 3 rings (SSSR count). The molecule has 3 aromatic rings. The Labute approximate surface area is 105 Å². The number of carbonyl (C=O) groups is 1. The predicted molar refractivity (Wildman–Crippen MR) is 72.6 cm³/mol. The first-order valence-corrected chi connectivity index (χ1v) is 5.78. The molecule has 0 N–H and O–H groups in total. The monoisotopic (exact) mass is 233 g/mol. The molecule has 0 bridgehead atoms. The minimum atomic E-state index is 0.688. The molecule has 0 aliphatic rings. The Morgan fingerprint density at radius 1 is 0.944 bits per heavy atom. The lowest BCUT2D eigenvalue weighted by Crippen LogP contribution is -1.85. The van der Waals surface area contributed by atoms with E-state index in [2.05, 4.69) is 4.98 Å². The van der Waals surface area contributed by atoms with Gasteiger partial charge < -0.3 is 0 Å². The minimum Gasteiger partial charge on any atom is -0.298 e. The van der Waals surface area contributed by atoms with E-state index in [0.29, 0.717) is 5.56 Å². The van der Waals surface area contributed by atoms with E-state index in [-0.39, 0.29) is 0 Å². The van der Waals surface area contributed by atoms with Crippen molar-refractivity contribution in [2.75, 3.05) is 0 Å². The van der Waals surface area contributed by atoms with Crippen LogP contribution in [0.3, 0.4) is 0 Å². The van der Waals surface area contributed by atoms with Gasteiger partial charge in [0.15, 0.2) is 0 Å². The number of rotatable bonds is 2. The van der Waals surface area contributed by atoms with Crippen LogP contribution < -0.4 is 0 Å². The fraction of sp³-hybridized carbons (Fsp3) is 0. The molecule has 0 saturated carbocycles. The van der Waals surface area contributed by atoms with E-state index >= 15 is 0 Å². The van der Waals surface area contributed by atoms with E-state index in [9.17, 15) is 4.79 Å². The first-order chi connectivity index (χ1) is 8.88. The fourth-order valence-corrected chi connectivity index (χ4v) is 2.13. The van der Waals surface area contributed by atoms with E-state index in [1.807, 2.05) is 48.5 Å². The van der Waals surface area contributed by atoms with Crippen LogP contribution in [0.1, 0.15) is 10.4 Å². The van der Waals surface area contributed by atoms with Crippen molar-refractivity contribution in [2.45, 2.75) is 0 Å². The summed E-state index contributed by atoms with van der Waals surface area (Å²) >= 11 is 0. The molecule has 1 aromatic heterocycles. The van der Waals surface area contributed by atoms with Crippen molar-refractivity contribution in [1.82, 2.24) is 4.98 Å². The number of aromatic nitrogens is 1. The largest absolute Gasteiger partial charge is 0.298 e. The van der Waals surface area contributed by atoms with E-state index in [4.69, 9.17) is 0 Å². The first-order valence-electron chi connectivity index (χ1n) is 5.78. The van der Waals surface area contributed by atoms with Crippen molar-refractivity contribution < 1.29 is 4.79 Å². The third kappa shape index (κ3) is 1.78. The highest BCUT2D eigenvalue weighted by molar-refractivity contribution is 5.95. The molecular weight excluding hydrogens is 222 g/mol. The molecule has 0 atom stereocenters. The normalized spacial score (nSPS) is 10.4. The summed E-state index contributed by atoms with van der Waals surface area (Å²) in [5.41, 5.74) is 3.79. The van der Waals surface area contributed by atoms with Crippen LogP contribution in [0.5, 0.6) is 0 Å². The Hall–Kier alpha value is -2.48. The number of nitrogens with zero attached hydrogens (tertiary/aromatic N) is 1. The number of fused-ring (bicyclic) bond motifs is 1. The molecule has 0 radical (unpaired) electrons. The summed E-state index contributed by atoms with van der Waals surface area (Å²) in [6, 6.07) is 17.6. The van der Waals surface area contributed by atoms with Gasteiger partial charge in [-0.3, -0.25) is 9.78 Å². The van der Waals surface area contributed by atoms with E-state index in [1.54, 1.807) is 12.3 Å². The number of aldehydes is 1. The molecule has 0 unspecified atom stereocenters. The van der Waals surface area contributed by atoms with Gasteiger partial charge >= 0.3 is 0 Å². The smallest absolute Gasteiger partial charge is 0.150 e. The van der Waals surface area contributed by atoms with Gasteiger partial charge in [0.05, 0.1) is 5.52 Å². The molecule has 0 aliphatic carbocycles. The van der Waals surface area contributed by atoms with Crippen molar-refractivity contribution in [3.8, 4) is 11.1 Å². The summed E-state index contributed by atoms with van der Waals surface area (Å²) in [7, 11) is 0. The van der Waals surface area contributed by atoms with Gasteiger partial charge in [-0.2, -0.15) is 0 Å². The average molecular weight is 233 g/mol. The van der Waals surface area contributed by atoms with Crippen LogP contribution in [0.2, 0.25) is 0 Å². The van der Waals surface area contributed by atoms with Gasteiger partial charge in [-0.1, -0.05) is 36.4 Å². The van der Waals surface area contributed by atoms with Crippen molar-refractivity contribution >= 4 is 17.2 Å². The molecule has 0 fully saturated rings. The molecule has 0 amide bonds. The zero-order valence-electron chi connectivity index (χ0n) is 9.71. The Kier molecular flexibility index (Phi) is 2.61. The number of hydrogen-bond acceptors (Lipinski definition) is 2. The third-order valence-corrected chi connectivity index (χ3v) is 2.98. The van der Waals surface area contributed by atoms with Crippen molar-refractivity contribution in [1.29, 1.82) is 0 Å². The fourth-order valence-electron chi connectivity index (χ4n) is 2.13. The van der Waals surface area contributed by atoms with E-state index < -0.39 is 0 Å². The lowest BCUT2D eigenvalue weighted by molar-refractivity contribution is 0.112. The zero-order valence-corrected chi connectivity index (χ0v) is 9.71. The number of carbonyl (C=O) groups excluding carboxylic acids is 1. The van der Waals surface area contributed by atoms with Gasteiger partial charge in [0.1, 0.15) is 6.29 Å². The Balaban J connectivity index is 2.27. The number of hydrogen-bond donors (Lipinski definition) is 0. The van der Waals surface area contributed by atoms with E-state index in [1.165, 1.54) is 0 Å². The summed E-state index contributed by atoms with van der Waals surface area (Å²) in [6.07, 6.45) is 2.65.